The first kappa shape index (κ1) is 7.08. The van der Waals surface area contributed by atoms with Crippen molar-refractivity contribution >= 4 is 0 Å². The summed E-state index contributed by atoms with van der Waals surface area (Å²) in [7, 11) is 0. The zero-order chi connectivity index (χ0) is 7.68. The zero-order valence-electron chi connectivity index (χ0n) is 6.58. The number of hydrogen-bond donors (Lipinski definition) is 1. The maximum absolute atomic E-state index is 8.81. The molecule has 1 heterocycles. The summed E-state index contributed by atoms with van der Waals surface area (Å²) >= 11 is 0. The summed E-state index contributed by atoms with van der Waals surface area (Å²) in [5, 5.41) is 12.0. The van der Waals surface area contributed by atoms with Gasteiger partial charge in [-0.25, -0.2) is 0 Å². The molecule has 0 amide bonds. The van der Waals surface area contributed by atoms with E-state index < -0.39 is 0 Å². The minimum atomic E-state index is 0.135. The van der Waals surface area contributed by atoms with E-state index in [1.807, 2.05) is 0 Å². The van der Waals surface area contributed by atoms with E-state index in [0.717, 1.165) is 25.7 Å². The van der Waals surface area contributed by atoms with E-state index in [1.165, 1.54) is 12.8 Å². The lowest BCUT2D eigenvalue weighted by Crippen LogP contribution is -2.51. The van der Waals surface area contributed by atoms with Crippen molar-refractivity contribution < 1.29 is 0 Å². The fraction of sp³-hybridized carbons (Fsp3) is 0.875. The highest BCUT2D eigenvalue weighted by Crippen LogP contribution is 2.28. The minimum Gasteiger partial charge on any atom is -0.313 e. The Kier molecular flexibility index (Phi) is 1.80. The van der Waals surface area contributed by atoms with Crippen LogP contribution in [0.25, 0.3) is 0 Å². The Bertz CT molecular complexity index is 180. The lowest BCUT2D eigenvalue weighted by Gasteiger charge is -2.31. The molecule has 0 aromatic rings. The highest BCUT2D eigenvalue weighted by molar-refractivity contribution is 5.01. The fourth-order valence-corrected chi connectivity index (χ4v) is 1.68. The summed E-state index contributed by atoms with van der Waals surface area (Å²) in [6.45, 7) is 2.96. The van der Waals surface area contributed by atoms with E-state index in [4.69, 9.17) is 5.26 Å². The molecule has 1 aliphatic carbocycles. The second-order valence-electron chi connectivity index (χ2n) is 3.32. The van der Waals surface area contributed by atoms with Gasteiger partial charge in [-0.3, -0.25) is 4.90 Å². The van der Waals surface area contributed by atoms with E-state index in [1.54, 1.807) is 0 Å². The van der Waals surface area contributed by atoms with Crippen LogP contribution in [0.1, 0.15) is 12.8 Å². The first-order chi connectivity index (χ1) is 5.42. The topological polar surface area (TPSA) is 39.1 Å². The Morgan fingerprint density at radius 2 is 2.27 bits per heavy atom. The predicted molar refractivity (Wildman–Crippen MR) is 42.0 cm³/mol. The summed E-state index contributed by atoms with van der Waals surface area (Å²) in [6, 6.07) is 3.21. The molecule has 11 heavy (non-hydrogen) atoms. The van der Waals surface area contributed by atoms with Crippen LogP contribution in [0.4, 0.5) is 0 Å². The quantitative estimate of drug-likeness (QED) is 0.571. The van der Waals surface area contributed by atoms with Gasteiger partial charge in [0.05, 0.1) is 6.07 Å². The molecule has 2 rings (SSSR count). The van der Waals surface area contributed by atoms with Crippen LogP contribution in [0.5, 0.6) is 0 Å². The monoisotopic (exact) mass is 151 g/mol. The number of rotatable bonds is 1. The van der Waals surface area contributed by atoms with Crippen molar-refractivity contribution in [3.05, 3.63) is 0 Å². The third-order valence-electron chi connectivity index (χ3n) is 2.45. The maximum atomic E-state index is 8.81. The normalized spacial score (nSPS) is 33.2. The summed E-state index contributed by atoms with van der Waals surface area (Å²) in [6.07, 6.45) is 2.61. The summed E-state index contributed by atoms with van der Waals surface area (Å²) in [4.78, 5) is 2.34. The molecular formula is C8H13N3. The van der Waals surface area contributed by atoms with Crippen LogP contribution in [0.3, 0.4) is 0 Å². The minimum absolute atomic E-state index is 0.135. The summed E-state index contributed by atoms with van der Waals surface area (Å²) in [5.41, 5.74) is 0. The molecule has 1 aliphatic heterocycles. The number of nitrogens with zero attached hydrogens (tertiary/aromatic N) is 2. The van der Waals surface area contributed by atoms with Gasteiger partial charge in [0.2, 0.25) is 0 Å². The largest absolute Gasteiger partial charge is 0.313 e. The molecule has 60 valence electrons. The molecule has 2 aliphatic rings. The molecule has 0 radical (unpaired) electrons. The second-order valence-corrected chi connectivity index (χ2v) is 3.32. The van der Waals surface area contributed by atoms with E-state index in [0.29, 0.717) is 0 Å². The number of nitrogens with one attached hydrogen (secondary N) is 1. The fourth-order valence-electron chi connectivity index (χ4n) is 1.68. The van der Waals surface area contributed by atoms with Crippen molar-refractivity contribution in [2.24, 2.45) is 0 Å². The molecule has 1 N–H and O–H groups in total. The Balaban J connectivity index is 1.97. The van der Waals surface area contributed by atoms with Gasteiger partial charge in [0, 0.05) is 25.7 Å². The summed E-state index contributed by atoms with van der Waals surface area (Å²) < 4.78 is 0. The van der Waals surface area contributed by atoms with Crippen molar-refractivity contribution in [3.8, 4) is 6.07 Å². The van der Waals surface area contributed by atoms with Gasteiger partial charge in [-0.1, -0.05) is 0 Å². The van der Waals surface area contributed by atoms with Crippen LogP contribution in [0, 0.1) is 11.3 Å². The van der Waals surface area contributed by atoms with E-state index in [9.17, 15) is 0 Å². The molecule has 3 heteroatoms. The molecule has 0 unspecified atom stereocenters. The van der Waals surface area contributed by atoms with Gasteiger partial charge in [0.1, 0.15) is 6.04 Å². The highest BCUT2D eigenvalue weighted by Gasteiger charge is 2.34. The van der Waals surface area contributed by atoms with Gasteiger partial charge < -0.3 is 5.32 Å². The van der Waals surface area contributed by atoms with Gasteiger partial charge in [0.15, 0.2) is 0 Å². The molecule has 1 atom stereocenters. The SMILES string of the molecule is N#C[C@@H]1CNCCN1C1CC1. The summed E-state index contributed by atoms with van der Waals surface area (Å²) in [5.74, 6) is 0. The Morgan fingerprint density at radius 3 is 2.91 bits per heavy atom. The molecule has 3 nitrogen and oxygen atoms in total. The first-order valence-corrected chi connectivity index (χ1v) is 4.28. The molecule has 0 aromatic heterocycles. The van der Waals surface area contributed by atoms with Crippen molar-refractivity contribution in [2.45, 2.75) is 24.9 Å². The number of nitriles is 1. The van der Waals surface area contributed by atoms with Crippen LogP contribution < -0.4 is 5.32 Å². The molecule has 0 aromatic carbocycles. The van der Waals surface area contributed by atoms with Crippen LogP contribution in [0.2, 0.25) is 0 Å². The maximum Gasteiger partial charge on any atom is 0.111 e. The smallest absolute Gasteiger partial charge is 0.111 e. The molecule has 1 saturated carbocycles. The van der Waals surface area contributed by atoms with Crippen LogP contribution in [-0.4, -0.2) is 36.6 Å². The van der Waals surface area contributed by atoms with Gasteiger partial charge in [-0.05, 0) is 12.8 Å². The lowest BCUT2D eigenvalue weighted by atomic mass is 10.2. The van der Waals surface area contributed by atoms with Crippen LogP contribution in [0.15, 0.2) is 0 Å². The van der Waals surface area contributed by atoms with Crippen molar-refractivity contribution in [3.63, 3.8) is 0 Å². The standard InChI is InChI=1S/C8H13N3/c9-5-8-6-10-3-4-11(8)7-1-2-7/h7-8,10H,1-4,6H2/t8-/m1/s1. The molecular weight excluding hydrogens is 138 g/mol. The Hall–Kier alpha value is -0.590. The van der Waals surface area contributed by atoms with Crippen LogP contribution in [-0.2, 0) is 0 Å². The predicted octanol–water partition coefficient (Wildman–Crippen LogP) is -0.0538. The van der Waals surface area contributed by atoms with Crippen molar-refractivity contribution in [2.75, 3.05) is 19.6 Å². The van der Waals surface area contributed by atoms with E-state index in [-0.39, 0.29) is 6.04 Å². The van der Waals surface area contributed by atoms with E-state index in [2.05, 4.69) is 16.3 Å². The van der Waals surface area contributed by atoms with Gasteiger partial charge >= 0.3 is 0 Å². The lowest BCUT2D eigenvalue weighted by molar-refractivity contribution is 0.188. The van der Waals surface area contributed by atoms with E-state index >= 15 is 0 Å². The Labute approximate surface area is 67.0 Å². The molecule has 0 spiro atoms. The van der Waals surface area contributed by atoms with Crippen molar-refractivity contribution in [1.29, 1.82) is 5.26 Å². The van der Waals surface area contributed by atoms with Gasteiger partial charge in [-0.2, -0.15) is 5.26 Å². The average molecular weight is 151 g/mol. The van der Waals surface area contributed by atoms with Gasteiger partial charge in [-0.15, -0.1) is 0 Å². The van der Waals surface area contributed by atoms with Gasteiger partial charge in [0.25, 0.3) is 0 Å². The first-order valence-electron chi connectivity index (χ1n) is 4.28. The van der Waals surface area contributed by atoms with Crippen molar-refractivity contribution in [1.82, 2.24) is 10.2 Å². The second kappa shape index (κ2) is 2.80. The average Bonchev–Trinajstić information content (AvgIpc) is 2.87. The zero-order valence-corrected chi connectivity index (χ0v) is 6.58. The molecule has 1 saturated heterocycles. The molecule has 2 fully saturated rings. The number of piperazine rings is 1. The Morgan fingerprint density at radius 1 is 1.45 bits per heavy atom. The van der Waals surface area contributed by atoms with Crippen LogP contribution >= 0.6 is 0 Å². The highest BCUT2D eigenvalue weighted by atomic mass is 15.3. The molecule has 0 bridgehead atoms. The number of hydrogen-bond acceptors (Lipinski definition) is 3. The third-order valence-corrected chi connectivity index (χ3v) is 2.45. The third kappa shape index (κ3) is 1.37.